The van der Waals surface area contributed by atoms with E-state index in [2.05, 4.69) is 21.3 Å². The predicted octanol–water partition coefficient (Wildman–Crippen LogP) is 3.73. The van der Waals surface area contributed by atoms with Crippen LogP contribution < -0.4 is 21.3 Å². The van der Waals surface area contributed by atoms with Crippen LogP contribution in [0.25, 0.3) is 0 Å². The minimum atomic E-state index is -0.613. The third-order valence-electron chi connectivity index (χ3n) is 10.2. The lowest BCUT2D eigenvalue weighted by molar-refractivity contribution is -0.131. The smallest absolute Gasteiger partial charge is 0.255 e. The van der Waals surface area contributed by atoms with Gasteiger partial charge in [0.25, 0.3) is 23.6 Å². The molecular weight excluding hydrogens is 925 g/mol. The molecule has 6 amide bonds. The summed E-state index contributed by atoms with van der Waals surface area (Å²) in [5, 5.41) is 89.8. The molecule has 0 radical (unpaired) electrons. The maximum Gasteiger partial charge on any atom is 0.255 e. The fourth-order valence-electron chi connectivity index (χ4n) is 6.54. The van der Waals surface area contributed by atoms with Gasteiger partial charge in [-0.3, -0.25) is 28.8 Å². The number of amides is 6. The first-order chi connectivity index (χ1) is 32.6. The van der Waals surface area contributed by atoms with Crippen molar-refractivity contribution >= 4 is 57.0 Å². The van der Waals surface area contributed by atoms with Gasteiger partial charge in [0.15, 0.2) is 46.0 Å². The van der Waals surface area contributed by atoms with Crippen LogP contribution in [0.2, 0.25) is 0 Å². The second-order valence-corrected chi connectivity index (χ2v) is 17.7. The summed E-state index contributed by atoms with van der Waals surface area (Å²) in [5.41, 5.74) is -0.441. The third-order valence-corrected chi connectivity index (χ3v) is 12.6. The first-order valence-electron chi connectivity index (χ1n) is 21.6. The predicted molar refractivity (Wildman–Crippen MR) is 254 cm³/mol. The highest BCUT2D eigenvalue weighted by atomic mass is 33.1. The summed E-state index contributed by atoms with van der Waals surface area (Å²) in [5.74, 6) is -6.06. The molecule has 20 nitrogen and oxygen atoms in total. The van der Waals surface area contributed by atoms with Crippen LogP contribution in [0.4, 0.5) is 0 Å². The Labute approximate surface area is 399 Å². The topological polar surface area (TPSA) is 319 Å². The summed E-state index contributed by atoms with van der Waals surface area (Å²) in [6.07, 6.45) is 1.60. The van der Waals surface area contributed by atoms with Crippen molar-refractivity contribution in [2.24, 2.45) is 0 Å². The first-order valence-corrected chi connectivity index (χ1v) is 24.1. The molecule has 0 aromatic heterocycles. The van der Waals surface area contributed by atoms with Gasteiger partial charge in [-0.15, -0.1) is 0 Å². The van der Waals surface area contributed by atoms with Gasteiger partial charge in [0.2, 0.25) is 11.8 Å². The standard InChI is InChI=1S/C46H56N6O14S2/c53-33-13-1-9-29(39(33)59)43(63)47-19-5-23-51(24-6-20-48-44(64)30-10-2-14-34(54)40(30)60)37(57)17-27-67-68-28-18-38(58)52(25-7-21-49-45(65)31-11-3-15-35(55)41(31)61)26-8-22-50-46(66)32-12-4-16-36(56)42(32)62/h1-4,9-16,53-56,59-62H,5-8,17-28H2,(H,47,63)(H,48,64)(H,49,65)(H,50,66). The molecule has 366 valence electrons. The Morgan fingerprint density at radius 2 is 0.618 bits per heavy atom. The molecule has 0 saturated heterocycles. The van der Waals surface area contributed by atoms with Crippen LogP contribution in [0.15, 0.2) is 72.8 Å². The van der Waals surface area contributed by atoms with Crippen molar-refractivity contribution in [3.05, 3.63) is 95.1 Å². The maximum atomic E-state index is 13.4. The van der Waals surface area contributed by atoms with E-state index in [1.165, 1.54) is 94.4 Å². The minimum Gasteiger partial charge on any atom is -0.504 e. The van der Waals surface area contributed by atoms with Crippen molar-refractivity contribution in [1.29, 1.82) is 0 Å². The van der Waals surface area contributed by atoms with Crippen molar-refractivity contribution in [1.82, 2.24) is 31.1 Å². The van der Waals surface area contributed by atoms with E-state index in [4.69, 9.17) is 0 Å². The number of phenolic OH excluding ortho intramolecular Hbond substituents is 8. The molecule has 0 aliphatic heterocycles. The van der Waals surface area contributed by atoms with E-state index < -0.39 is 69.6 Å². The van der Waals surface area contributed by atoms with Gasteiger partial charge < -0.3 is 71.9 Å². The lowest BCUT2D eigenvalue weighted by Gasteiger charge is -2.23. The summed E-state index contributed by atoms with van der Waals surface area (Å²) < 4.78 is 0. The first kappa shape index (κ1) is 53.4. The van der Waals surface area contributed by atoms with Crippen molar-refractivity contribution < 1.29 is 69.6 Å². The molecule has 0 atom stereocenters. The van der Waals surface area contributed by atoms with Gasteiger partial charge in [-0.05, 0) is 74.2 Å². The van der Waals surface area contributed by atoms with Crippen LogP contribution in [0.5, 0.6) is 46.0 Å². The van der Waals surface area contributed by atoms with Gasteiger partial charge in [0.1, 0.15) is 0 Å². The van der Waals surface area contributed by atoms with E-state index in [1.807, 2.05) is 0 Å². The van der Waals surface area contributed by atoms with Gasteiger partial charge in [-0.1, -0.05) is 45.9 Å². The van der Waals surface area contributed by atoms with Crippen LogP contribution in [0, 0.1) is 0 Å². The van der Waals surface area contributed by atoms with Crippen molar-refractivity contribution in [3.8, 4) is 46.0 Å². The Hall–Kier alpha value is -7.20. The number of aromatic hydroxyl groups is 8. The third kappa shape index (κ3) is 16.3. The van der Waals surface area contributed by atoms with Gasteiger partial charge in [-0.2, -0.15) is 0 Å². The number of carbonyl (C=O) groups is 6. The zero-order chi connectivity index (χ0) is 49.6. The second kappa shape index (κ2) is 27.4. The molecule has 0 fully saturated rings. The highest BCUT2D eigenvalue weighted by Gasteiger charge is 2.20. The number of nitrogens with one attached hydrogen (secondary N) is 4. The van der Waals surface area contributed by atoms with Crippen LogP contribution in [0.3, 0.4) is 0 Å². The average molecular weight is 981 g/mol. The van der Waals surface area contributed by atoms with Crippen LogP contribution in [0.1, 0.15) is 80.0 Å². The zero-order valence-electron chi connectivity index (χ0n) is 37.0. The van der Waals surface area contributed by atoms with E-state index in [-0.39, 0.29) is 99.3 Å². The van der Waals surface area contributed by atoms with Gasteiger partial charge in [-0.25, -0.2) is 0 Å². The lowest BCUT2D eigenvalue weighted by atomic mass is 10.1. The summed E-state index contributed by atoms with van der Waals surface area (Å²) in [6, 6.07) is 16.0. The summed E-state index contributed by atoms with van der Waals surface area (Å²) in [4.78, 5) is 80.5. The van der Waals surface area contributed by atoms with E-state index in [1.54, 1.807) is 9.80 Å². The molecule has 0 spiro atoms. The number of carbonyl (C=O) groups excluding carboxylic acids is 6. The molecule has 0 unspecified atom stereocenters. The summed E-state index contributed by atoms with van der Waals surface area (Å²) in [7, 11) is 2.78. The molecular formula is C46H56N6O14S2. The molecule has 22 heteroatoms. The van der Waals surface area contributed by atoms with Crippen molar-refractivity contribution in [2.75, 3.05) is 63.9 Å². The number of rotatable bonds is 27. The number of benzene rings is 4. The fraction of sp³-hybridized carbons (Fsp3) is 0.348. The number of hydrogen-bond donors (Lipinski definition) is 12. The highest BCUT2D eigenvalue weighted by molar-refractivity contribution is 8.76. The Morgan fingerprint density at radius 3 is 0.853 bits per heavy atom. The molecule has 0 saturated carbocycles. The Bertz CT molecular complexity index is 2080. The number of hydrogen-bond acceptors (Lipinski definition) is 16. The van der Waals surface area contributed by atoms with Gasteiger partial charge in [0.05, 0.1) is 22.3 Å². The Kier molecular flexibility index (Phi) is 21.6. The number of para-hydroxylation sites is 4. The monoisotopic (exact) mass is 980 g/mol. The van der Waals surface area contributed by atoms with Crippen molar-refractivity contribution in [3.63, 3.8) is 0 Å². The molecule has 0 heterocycles. The van der Waals surface area contributed by atoms with E-state index >= 15 is 0 Å². The van der Waals surface area contributed by atoms with Gasteiger partial charge in [0, 0.05) is 76.7 Å². The molecule has 4 aromatic carbocycles. The minimum absolute atomic E-state index is 0.110. The number of phenols is 8. The van der Waals surface area contributed by atoms with E-state index in [0.29, 0.717) is 37.2 Å². The molecule has 68 heavy (non-hydrogen) atoms. The second-order valence-electron chi connectivity index (χ2n) is 15.0. The Morgan fingerprint density at radius 1 is 0.382 bits per heavy atom. The van der Waals surface area contributed by atoms with Gasteiger partial charge >= 0.3 is 0 Å². The van der Waals surface area contributed by atoms with E-state index in [9.17, 15) is 69.6 Å². The fourth-order valence-corrected chi connectivity index (χ4v) is 8.50. The molecule has 12 N–H and O–H groups in total. The SMILES string of the molecule is O=C(NCCCN(CCCNC(=O)c1cccc(O)c1O)C(=O)CCSSCCC(=O)N(CCCNC(=O)c1cccc(O)c1O)CCCNC(=O)c1cccc(O)c1O)c1cccc(O)c1O. The molecule has 4 aromatic rings. The lowest BCUT2D eigenvalue weighted by Crippen LogP contribution is -2.37. The number of nitrogens with zero attached hydrogens (tertiary/aromatic N) is 2. The van der Waals surface area contributed by atoms with Crippen LogP contribution in [-0.2, 0) is 9.59 Å². The average Bonchev–Trinajstić information content (AvgIpc) is 3.31. The molecule has 0 aliphatic carbocycles. The van der Waals surface area contributed by atoms with Crippen molar-refractivity contribution in [2.45, 2.75) is 38.5 Å². The van der Waals surface area contributed by atoms with Crippen LogP contribution >= 0.6 is 21.6 Å². The zero-order valence-corrected chi connectivity index (χ0v) is 38.6. The highest BCUT2D eigenvalue weighted by Crippen LogP contribution is 2.31. The largest absolute Gasteiger partial charge is 0.504 e. The molecule has 0 aliphatic rings. The quantitative estimate of drug-likeness (QED) is 0.0230. The summed E-state index contributed by atoms with van der Waals surface area (Å²) in [6.45, 7) is 1.48. The maximum absolute atomic E-state index is 13.4. The molecule has 4 rings (SSSR count). The van der Waals surface area contributed by atoms with Crippen LogP contribution in [-0.4, -0.2) is 150 Å². The normalized spacial score (nSPS) is 10.8. The van der Waals surface area contributed by atoms with E-state index in [0.717, 1.165) is 0 Å². The Balaban J connectivity index is 1.26. The summed E-state index contributed by atoms with van der Waals surface area (Å²) >= 11 is 0. The molecule has 0 bridgehead atoms.